The second kappa shape index (κ2) is 10.3. The highest BCUT2D eigenvalue weighted by Gasteiger charge is 2.30. The predicted octanol–water partition coefficient (Wildman–Crippen LogP) is 8.74. The molecule has 0 atom stereocenters. The van der Waals surface area contributed by atoms with Crippen molar-refractivity contribution >= 4 is 51.3 Å². The fourth-order valence-electron chi connectivity index (χ4n) is 3.25. The van der Waals surface area contributed by atoms with Crippen LogP contribution in [0.1, 0.15) is 17.0 Å². The van der Waals surface area contributed by atoms with E-state index in [9.17, 15) is 13.2 Å². The fourth-order valence-corrected chi connectivity index (χ4v) is 4.02. The average Bonchev–Trinajstić information content (AvgIpc) is 3.16. The van der Waals surface area contributed by atoms with Gasteiger partial charge in [-0.1, -0.05) is 69.5 Å². The molecule has 4 rings (SSSR count). The van der Waals surface area contributed by atoms with E-state index in [4.69, 9.17) is 28.2 Å². The van der Waals surface area contributed by atoms with Crippen LogP contribution in [0.15, 0.2) is 77.4 Å². The maximum absolute atomic E-state index is 12.4. The van der Waals surface area contributed by atoms with Gasteiger partial charge in [-0.2, -0.15) is 0 Å². The highest BCUT2D eigenvalue weighted by Crippen LogP contribution is 2.31. The van der Waals surface area contributed by atoms with Crippen molar-refractivity contribution in [1.82, 2.24) is 9.55 Å². The molecule has 0 spiro atoms. The Morgan fingerprint density at radius 3 is 2.29 bits per heavy atom. The van der Waals surface area contributed by atoms with Crippen LogP contribution < -0.4 is 4.74 Å². The number of hydrogen-bond donors (Lipinski definition) is 0. The van der Waals surface area contributed by atoms with Gasteiger partial charge < -0.3 is 9.30 Å². The Morgan fingerprint density at radius 1 is 0.941 bits per heavy atom. The van der Waals surface area contributed by atoms with Crippen LogP contribution in [-0.2, 0) is 6.54 Å². The van der Waals surface area contributed by atoms with Gasteiger partial charge in [-0.15, -0.1) is 13.2 Å². The molecule has 4 aromatic rings. The van der Waals surface area contributed by atoms with E-state index in [2.05, 4.69) is 20.7 Å². The molecule has 0 saturated carbocycles. The Balaban J connectivity index is 1.66. The van der Waals surface area contributed by atoms with E-state index < -0.39 is 6.36 Å². The first-order valence-corrected chi connectivity index (χ1v) is 11.5. The average molecular weight is 568 g/mol. The number of benzene rings is 3. The molecule has 3 nitrogen and oxygen atoms in total. The van der Waals surface area contributed by atoms with Crippen molar-refractivity contribution < 1.29 is 17.9 Å². The number of hydrogen-bond acceptors (Lipinski definition) is 2. The van der Waals surface area contributed by atoms with E-state index in [0.29, 0.717) is 28.1 Å². The lowest BCUT2D eigenvalue weighted by Gasteiger charge is -2.10. The van der Waals surface area contributed by atoms with E-state index in [1.807, 2.05) is 47.2 Å². The molecule has 0 unspecified atom stereocenters. The second-order valence-electron chi connectivity index (χ2n) is 7.31. The lowest BCUT2D eigenvalue weighted by Crippen LogP contribution is -2.17. The van der Waals surface area contributed by atoms with Crippen LogP contribution in [0.5, 0.6) is 5.75 Å². The summed E-state index contributed by atoms with van der Waals surface area (Å²) in [4.78, 5) is 4.73. The van der Waals surface area contributed by atoms with E-state index in [1.54, 1.807) is 30.3 Å². The normalized spacial score (nSPS) is 11.8. The number of imidazole rings is 1. The van der Waals surface area contributed by atoms with E-state index in [1.165, 1.54) is 12.1 Å². The first kappa shape index (κ1) is 24.4. The van der Waals surface area contributed by atoms with Gasteiger partial charge in [-0.05, 0) is 59.7 Å². The largest absolute Gasteiger partial charge is 0.573 e. The molecular formula is C25H16BrCl2F3N2O. The summed E-state index contributed by atoms with van der Waals surface area (Å²) >= 11 is 15.8. The van der Waals surface area contributed by atoms with Crippen LogP contribution in [0.25, 0.3) is 23.4 Å². The van der Waals surface area contributed by atoms with Gasteiger partial charge in [0.25, 0.3) is 0 Å². The zero-order chi connectivity index (χ0) is 24.3. The maximum atomic E-state index is 12.4. The third-order valence-electron chi connectivity index (χ3n) is 4.82. The molecule has 0 aliphatic rings. The lowest BCUT2D eigenvalue weighted by molar-refractivity contribution is -0.274. The molecule has 34 heavy (non-hydrogen) atoms. The number of halogens is 6. The van der Waals surface area contributed by atoms with Crippen molar-refractivity contribution in [2.24, 2.45) is 0 Å². The van der Waals surface area contributed by atoms with Gasteiger partial charge in [0.1, 0.15) is 11.6 Å². The monoisotopic (exact) mass is 566 g/mol. The van der Waals surface area contributed by atoms with Gasteiger partial charge in [-0.25, -0.2) is 4.98 Å². The van der Waals surface area contributed by atoms with Crippen molar-refractivity contribution in [1.29, 1.82) is 0 Å². The van der Waals surface area contributed by atoms with Crippen molar-refractivity contribution in [3.63, 3.8) is 0 Å². The van der Waals surface area contributed by atoms with E-state index >= 15 is 0 Å². The number of aromatic nitrogens is 2. The van der Waals surface area contributed by atoms with Gasteiger partial charge in [0.15, 0.2) is 0 Å². The highest BCUT2D eigenvalue weighted by atomic mass is 79.9. The minimum Gasteiger partial charge on any atom is -0.406 e. The third-order valence-corrected chi connectivity index (χ3v) is 5.90. The molecule has 1 aromatic heterocycles. The summed E-state index contributed by atoms with van der Waals surface area (Å²) in [6.07, 6.45) is 0.913. The standard InChI is InChI=1S/C25H16BrCl2F3N2O/c26-18-6-1-16(2-7-18)5-12-24-32-23(21-11-8-19(27)13-22(21)28)15-33(24)14-17-3-9-20(10-4-17)34-25(29,30)31/h1-13,15H,14H2/b12-5+. The van der Waals surface area contributed by atoms with Crippen LogP contribution in [0.3, 0.4) is 0 Å². The summed E-state index contributed by atoms with van der Waals surface area (Å²) < 4.78 is 44.2. The second-order valence-corrected chi connectivity index (χ2v) is 9.07. The van der Waals surface area contributed by atoms with Crippen molar-refractivity contribution in [2.75, 3.05) is 0 Å². The number of alkyl halides is 3. The summed E-state index contributed by atoms with van der Waals surface area (Å²) in [6, 6.07) is 18.7. The third kappa shape index (κ3) is 6.44. The molecule has 174 valence electrons. The molecule has 0 radical (unpaired) electrons. The van der Waals surface area contributed by atoms with Crippen molar-refractivity contribution in [3.8, 4) is 17.0 Å². The zero-order valence-corrected chi connectivity index (χ0v) is 20.5. The van der Waals surface area contributed by atoms with E-state index in [-0.39, 0.29) is 5.75 Å². The minimum absolute atomic E-state index is 0.272. The Kier molecular flexibility index (Phi) is 7.36. The molecule has 1 heterocycles. The first-order chi connectivity index (χ1) is 16.2. The number of rotatable bonds is 6. The van der Waals surface area contributed by atoms with Crippen molar-refractivity contribution in [2.45, 2.75) is 12.9 Å². The van der Waals surface area contributed by atoms with Crippen LogP contribution >= 0.6 is 39.1 Å². The van der Waals surface area contributed by atoms with Gasteiger partial charge in [0.05, 0.1) is 10.7 Å². The van der Waals surface area contributed by atoms with Crippen molar-refractivity contribution in [3.05, 3.63) is 104 Å². The van der Waals surface area contributed by atoms with Gasteiger partial charge >= 0.3 is 6.36 Å². The molecule has 9 heteroatoms. The predicted molar refractivity (Wildman–Crippen MR) is 133 cm³/mol. The summed E-state index contributed by atoms with van der Waals surface area (Å²) in [5.41, 5.74) is 3.13. The molecule has 3 aromatic carbocycles. The Hall–Kier alpha value is -2.74. The molecule has 0 saturated heterocycles. The Bertz CT molecular complexity index is 1320. The van der Waals surface area contributed by atoms with Crippen LogP contribution in [0.2, 0.25) is 10.0 Å². The molecule has 0 fully saturated rings. The van der Waals surface area contributed by atoms with Crippen LogP contribution in [-0.4, -0.2) is 15.9 Å². The Labute approximate surface area is 212 Å². The maximum Gasteiger partial charge on any atom is 0.573 e. The zero-order valence-electron chi connectivity index (χ0n) is 17.4. The first-order valence-electron chi connectivity index (χ1n) is 9.97. The molecule has 0 amide bonds. The lowest BCUT2D eigenvalue weighted by atomic mass is 10.2. The number of ether oxygens (including phenoxy) is 1. The fraction of sp³-hybridized carbons (Fsp3) is 0.0800. The minimum atomic E-state index is -4.73. The van der Waals surface area contributed by atoms with Crippen LogP contribution in [0, 0.1) is 0 Å². The SMILES string of the molecule is FC(F)(F)Oc1ccc(Cn2cc(-c3ccc(Cl)cc3Cl)nc2/C=C/c2ccc(Br)cc2)cc1. The van der Waals surface area contributed by atoms with Crippen LogP contribution in [0.4, 0.5) is 13.2 Å². The van der Waals surface area contributed by atoms with Gasteiger partial charge in [-0.3, -0.25) is 0 Å². The summed E-state index contributed by atoms with van der Waals surface area (Å²) in [5.74, 6) is 0.380. The molecular weight excluding hydrogens is 552 g/mol. The molecule has 0 aliphatic carbocycles. The smallest absolute Gasteiger partial charge is 0.406 e. The van der Waals surface area contributed by atoms with E-state index in [0.717, 1.165) is 21.2 Å². The molecule has 0 aliphatic heterocycles. The van der Waals surface area contributed by atoms with Gasteiger partial charge in [0.2, 0.25) is 0 Å². The highest BCUT2D eigenvalue weighted by molar-refractivity contribution is 9.10. The summed E-state index contributed by atoms with van der Waals surface area (Å²) in [5, 5.41) is 0.985. The summed E-state index contributed by atoms with van der Waals surface area (Å²) in [6.45, 7) is 0.379. The Morgan fingerprint density at radius 2 is 1.65 bits per heavy atom. The number of nitrogens with zero attached hydrogens (tertiary/aromatic N) is 2. The molecule has 0 N–H and O–H groups in total. The topological polar surface area (TPSA) is 27.1 Å². The molecule has 0 bridgehead atoms. The van der Waals surface area contributed by atoms with Gasteiger partial charge in [0, 0.05) is 27.8 Å². The quantitative estimate of drug-likeness (QED) is 0.233. The summed E-state index contributed by atoms with van der Waals surface area (Å²) in [7, 11) is 0.